The molecule has 0 fully saturated rings. The highest BCUT2D eigenvalue weighted by atomic mass is 32.2. The Bertz CT molecular complexity index is 1580. The number of nitrogens with one attached hydrogen (secondary N) is 1. The molecule has 6 heteroatoms. The lowest BCUT2D eigenvalue weighted by Crippen LogP contribution is -2.31. The summed E-state index contributed by atoms with van der Waals surface area (Å²) in [5, 5.41) is 4.21. The average Bonchev–Trinajstić information content (AvgIpc) is 2.93. The van der Waals surface area contributed by atoms with Crippen LogP contribution in [0.3, 0.4) is 0 Å². The van der Waals surface area contributed by atoms with E-state index in [1.54, 1.807) is 10.6 Å². The third kappa shape index (κ3) is 5.20. The van der Waals surface area contributed by atoms with Gasteiger partial charge in [0.15, 0.2) is 5.16 Å². The number of nitrogens with zero attached hydrogens (tertiary/aromatic N) is 2. The number of hydrogen-bond donors (Lipinski definition) is 1. The van der Waals surface area contributed by atoms with Crippen LogP contribution in [0.4, 0.5) is 0 Å². The van der Waals surface area contributed by atoms with Crippen molar-refractivity contribution in [1.29, 1.82) is 0 Å². The molecule has 1 heterocycles. The molecule has 0 saturated carbocycles. The monoisotopic (exact) mass is 505 g/mol. The van der Waals surface area contributed by atoms with Crippen molar-refractivity contribution in [1.82, 2.24) is 14.9 Å². The first-order valence-corrected chi connectivity index (χ1v) is 13.1. The van der Waals surface area contributed by atoms with Crippen molar-refractivity contribution in [2.45, 2.75) is 25.0 Å². The summed E-state index contributed by atoms with van der Waals surface area (Å²) < 4.78 is 1.63. The minimum absolute atomic E-state index is 0.117. The molecule has 5 rings (SSSR count). The third-order valence-electron chi connectivity index (χ3n) is 6.47. The third-order valence-corrected chi connectivity index (χ3v) is 7.40. The van der Waals surface area contributed by atoms with E-state index in [-0.39, 0.29) is 23.3 Å². The van der Waals surface area contributed by atoms with Gasteiger partial charge in [0.2, 0.25) is 5.91 Å². The molecule has 1 amide bonds. The van der Waals surface area contributed by atoms with Crippen LogP contribution in [-0.4, -0.2) is 21.2 Å². The Kier molecular flexibility index (Phi) is 7.19. The number of carbonyl (C=O) groups is 1. The van der Waals surface area contributed by atoms with E-state index in [1.807, 2.05) is 111 Å². The zero-order chi connectivity index (χ0) is 25.8. The van der Waals surface area contributed by atoms with Crippen molar-refractivity contribution in [3.8, 4) is 5.69 Å². The van der Waals surface area contributed by atoms with Gasteiger partial charge in [0, 0.05) is 0 Å². The van der Waals surface area contributed by atoms with Gasteiger partial charge < -0.3 is 5.32 Å². The van der Waals surface area contributed by atoms with Crippen molar-refractivity contribution >= 4 is 28.6 Å². The number of thioether (sulfide) groups is 1. The van der Waals surface area contributed by atoms with E-state index in [0.717, 1.165) is 27.9 Å². The molecule has 0 aliphatic carbocycles. The van der Waals surface area contributed by atoms with E-state index < -0.39 is 0 Å². The van der Waals surface area contributed by atoms with Gasteiger partial charge in [-0.2, -0.15) is 0 Å². The lowest BCUT2D eigenvalue weighted by atomic mass is 9.99. The van der Waals surface area contributed by atoms with Crippen LogP contribution >= 0.6 is 11.8 Å². The fourth-order valence-corrected chi connectivity index (χ4v) is 5.20. The summed E-state index contributed by atoms with van der Waals surface area (Å²) in [5.74, 6) is -0.0242. The van der Waals surface area contributed by atoms with Gasteiger partial charge in [-0.05, 0) is 54.3 Å². The minimum atomic E-state index is -0.277. The number of amides is 1. The fraction of sp³-hybridized carbons (Fsp3) is 0.129. The summed E-state index contributed by atoms with van der Waals surface area (Å²) in [6.45, 7) is 4.02. The summed E-state index contributed by atoms with van der Waals surface area (Å²) >= 11 is 1.27. The van der Waals surface area contributed by atoms with Gasteiger partial charge >= 0.3 is 0 Å². The topological polar surface area (TPSA) is 64.0 Å². The normalized spacial score (nSPS) is 11.1. The molecular weight excluding hydrogens is 478 g/mol. The van der Waals surface area contributed by atoms with Gasteiger partial charge in [0.25, 0.3) is 5.56 Å². The molecule has 1 aromatic heterocycles. The number of rotatable bonds is 7. The first-order valence-electron chi connectivity index (χ1n) is 12.1. The highest BCUT2D eigenvalue weighted by Gasteiger charge is 2.19. The van der Waals surface area contributed by atoms with Crippen LogP contribution in [0.2, 0.25) is 0 Å². The van der Waals surface area contributed by atoms with Gasteiger partial charge in [-0.1, -0.05) is 96.7 Å². The number of aryl methyl sites for hydroxylation is 1. The summed E-state index contributed by atoms with van der Waals surface area (Å²) in [4.78, 5) is 31.7. The van der Waals surface area contributed by atoms with Crippen LogP contribution < -0.4 is 10.9 Å². The molecular formula is C31H27N3O2S. The quantitative estimate of drug-likeness (QED) is 0.218. The maximum absolute atomic E-state index is 13.6. The fourth-order valence-electron chi connectivity index (χ4n) is 4.38. The van der Waals surface area contributed by atoms with Gasteiger partial charge in [0.1, 0.15) is 0 Å². The van der Waals surface area contributed by atoms with Crippen LogP contribution in [0.15, 0.2) is 113 Å². The van der Waals surface area contributed by atoms with Gasteiger partial charge in [-0.25, -0.2) is 4.98 Å². The zero-order valence-electron chi connectivity index (χ0n) is 20.7. The number of carbonyl (C=O) groups excluding carboxylic acids is 1. The first-order chi connectivity index (χ1) is 18.0. The Hall–Kier alpha value is -4.16. The molecule has 0 saturated heterocycles. The second-order valence-electron chi connectivity index (χ2n) is 8.88. The minimum Gasteiger partial charge on any atom is -0.344 e. The number of fused-ring (bicyclic) bond motifs is 1. The summed E-state index contributed by atoms with van der Waals surface area (Å²) in [6, 6.07) is 32.7. The Balaban J connectivity index is 1.48. The smallest absolute Gasteiger partial charge is 0.266 e. The summed E-state index contributed by atoms with van der Waals surface area (Å²) in [6.07, 6.45) is 0. The van der Waals surface area contributed by atoms with Gasteiger partial charge in [-0.15, -0.1) is 0 Å². The number of para-hydroxylation sites is 1. The van der Waals surface area contributed by atoms with Crippen LogP contribution in [0, 0.1) is 13.8 Å². The molecule has 1 N–H and O–H groups in total. The standard InChI is InChI=1S/C31H27N3O2S/c1-21-12-11-19-27(22(21)2)34-30(36)25-17-9-10-18-26(25)32-31(34)37-20-28(35)33-29(23-13-5-3-6-14-23)24-15-7-4-8-16-24/h3-19,29H,20H2,1-2H3,(H,33,35). The zero-order valence-corrected chi connectivity index (χ0v) is 21.5. The largest absolute Gasteiger partial charge is 0.344 e. The number of benzene rings is 4. The average molecular weight is 506 g/mol. The molecule has 184 valence electrons. The highest BCUT2D eigenvalue weighted by Crippen LogP contribution is 2.26. The van der Waals surface area contributed by atoms with Crippen molar-refractivity contribution < 1.29 is 4.79 Å². The van der Waals surface area contributed by atoms with Gasteiger partial charge in [0.05, 0.1) is 28.4 Å². The molecule has 5 nitrogen and oxygen atoms in total. The molecule has 0 aliphatic heterocycles. The van der Waals surface area contributed by atoms with E-state index in [9.17, 15) is 9.59 Å². The van der Waals surface area contributed by atoms with Crippen LogP contribution in [0.1, 0.15) is 28.3 Å². The van der Waals surface area contributed by atoms with E-state index in [2.05, 4.69) is 5.32 Å². The second-order valence-corrected chi connectivity index (χ2v) is 9.82. The highest BCUT2D eigenvalue weighted by molar-refractivity contribution is 7.99. The molecule has 0 bridgehead atoms. The molecule has 4 aromatic carbocycles. The maximum Gasteiger partial charge on any atom is 0.266 e. The van der Waals surface area contributed by atoms with Gasteiger partial charge in [-0.3, -0.25) is 14.2 Å². The predicted molar refractivity (Wildman–Crippen MR) is 150 cm³/mol. The Morgan fingerprint density at radius 1 is 0.838 bits per heavy atom. The molecule has 0 atom stereocenters. The van der Waals surface area contributed by atoms with Crippen LogP contribution in [-0.2, 0) is 4.79 Å². The molecule has 0 aliphatic rings. The molecule has 0 spiro atoms. The van der Waals surface area contributed by atoms with E-state index >= 15 is 0 Å². The molecule has 0 radical (unpaired) electrons. The Morgan fingerprint density at radius 2 is 1.46 bits per heavy atom. The molecule has 37 heavy (non-hydrogen) atoms. The lowest BCUT2D eigenvalue weighted by molar-refractivity contribution is -0.119. The second kappa shape index (κ2) is 10.8. The predicted octanol–water partition coefficient (Wildman–Crippen LogP) is 6.00. The van der Waals surface area contributed by atoms with Crippen molar-refractivity contribution in [2.24, 2.45) is 0 Å². The van der Waals surface area contributed by atoms with E-state index in [4.69, 9.17) is 4.98 Å². The lowest BCUT2D eigenvalue weighted by Gasteiger charge is -2.20. The Morgan fingerprint density at radius 3 is 2.14 bits per heavy atom. The van der Waals surface area contributed by atoms with E-state index in [1.165, 1.54) is 11.8 Å². The number of hydrogen-bond acceptors (Lipinski definition) is 4. The SMILES string of the molecule is Cc1cccc(-n2c(SCC(=O)NC(c3ccccc3)c3ccccc3)nc3ccccc3c2=O)c1C. The Labute approximate surface area is 220 Å². The van der Waals surface area contributed by atoms with Crippen molar-refractivity contribution in [3.05, 3.63) is 136 Å². The van der Waals surface area contributed by atoms with Crippen LogP contribution in [0.5, 0.6) is 0 Å². The number of aromatic nitrogens is 2. The summed E-state index contributed by atoms with van der Waals surface area (Å²) in [5.41, 5.74) is 5.34. The summed E-state index contributed by atoms with van der Waals surface area (Å²) in [7, 11) is 0. The van der Waals surface area contributed by atoms with Crippen LogP contribution in [0.25, 0.3) is 16.6 Å². The van der Waals surface area contributed by atoms with Crippen molar-refractivity contribution in [2.75, 3.05) is 5.75 Å². The molecule has 5 aromatic rings. The first kappa shape index (κ1) is 24.5. The van der Waals surface area contributed by atoms with Crippen molar-refractivity contribution in [3.63, 3.8) is 0 Å². The molecule has 0 unspecified atom stereocenters. The van der Waals surface area contributed by atoms with E-state index in [0.29, 0.717) is 16.1 Å². The maximum atomic E-state index is 13.6.